The van der Waals surface area contributed by atoms with Gasteiger partial charge in [-0.15, -0.1) is 0 Å². The quantitative estimate of drug-likeness (QED) is 0.880. The Morgan fingerprint density at radius 2 is 2.11 bits per heavy atom. The fourth-order valence-electron chi connectivity index (χ4n) is 1.57. The molecule has 2 aromatic rings. The number of primary amides is 1. The fourth-order valence-corrected chi connectivity index (χ4v) is 1.92. The molecule has 92 valence electrons. The highest BCUT2D eigenvalue weighted by Gasteiger charge is 2.12. The molecule has 0 saturated heterocycles. The van der Waals surface area contributed by atoms with Crippen LogP contribution in [0, 0.1) is 0 Å². The number of nitrogens with two attached hydrogens (primary N) is 1. The van der Waals surface area contributed by atoms with Crippen LogP contribution in [-0.2, 0) is 0 Å². The highest BCUT2D eigenvalue weighted by molar-refractivity contribution is 9.10. The number of aromatic nitrogens is 2. The van der Waals surface area contributed by atoms with Gasteiger partial charge in [0.05, 0.1) is 17.4 Å². The number of hydrogen-bond acceptors (Lipinski definition) is 3. The van der Waals surface area contributed by atoms with Crippen molar-refractivity contribution in [2.24, 2.45) is 5.73 Å². The summed E-state index contributed by atoms with van der Waals surface area (Å²) in [5, 5.41) is 4.03. The summed E-state index contributed by atoms with van der Waals surface area (Å²) in [6.45, 7) is 1.48. The number of benzene rings is 1. The van der Waals surface area contributed by atoms with Crippen molar-refractivity contribution in [1.29, 1.82) is 0 Å². The van der Waals surface area contributed by atoms with Gasteiger partial charge in [-0.25, -0.2) is 4.68 Å². The number of rotatable bonds is 3. The van der Waals surface area contributed by atoms with E-state index in [1.807, 2.05) is 0 Å². The molecule has 2 rings (SSSR count). The van der Waals surface area contributed by atoms with Crippen LogP contribution in [0.2, 0.25) is 0 Å². The van der Waals surface area contributed by atoms with Crippen LogP contribution in [0.1, 0.15) is 27.6 Å². The molecule has 0 bridgehead atoms. The number of ketones is 1. The van der Waals surface area contributed by atoms with Crippen LogP contribution in [0.4, 0.5) is 0 Å². The van der Waals surface area contributed by atoms with E-state index in [1.54, 1.807) is 18.2 Å². The molecule has 1 heterocycles. The van der Waals surface area contributed by atoms with E-state index in [1.165, 1.54) is 24.0 Å². The van der Waals surface area contributed by atoms with Gasteiger partial charge in [0.15, 0.2) is 5.78 Å². The van der Waals surface area contributed by atoms with Crippen molar-refractivity contribution in [2.75, 3.05) is 0 Å². The van der Waals surface area contributed by atoms with Crippen LogP contribution >= 0.6 is 15.9 Å². The third-order valence-corrected chi connectivity index (χ3v) is 2.95. The van der Waals surface area contributed by atoms with Gasteiger partial charge in [0.1, 0.15) is 0 Å². The maximum absolute atomic E-state index is 11.5. The van der Waals surface area contributed by atoms with Crippen LogP contribution in [-0.4, -0.2) is 21.5 Å². The lowest BCUT2D eigenvalue weighted by molar-refractivity contribution is 0.0996. The number of hydrogen-bond donors (Lipinski definition) is 1. The van der Waals surface area contributed by atoms with Crippen molar-refractivity contribution in [3.63, 3.8) is 0 Å². The predicted molar refractivity (Wildman–Crippen MR) is 69.8 cm³/mol. The summed E-state index contributed by atoms with van der Waals surface area (Å²) >= 11 is 3.33. The molecule has 0 radical (unpaired) electrons. The van der Waals surface area contributed by atoms with E-state index in [0.717, 1.165) is 4.47 Å². The second-order valence-corrected chi connectivity index (χ2v) is 4.67. The molecule has 1 aromatic carbocycles. The molecule has 6 heteroatoms. The predicted octanol–water partition coefficient (Wildman–Crippen LogP) is 1.94. The average Bonchev–Trinajstić information content (AvgIpc) is 2.77. The van der Waals surface area contributed by atoms with Crippen LogP contribution in [0.15, 0.2) is 35.1 Å². The monoisotopic (exact) mass is 307 g/mol. The third kappa shape index (κ3) is 2.33. The second kappa shape index (κ2) is 4.73. The SMILES string of the molecule is CC(=O)c1ccc(Br)cc1-n1cc(C(N)=O)cn1. The van der Waals surface area contributed by atoms with E-state index >= 15 is 0 Å². The minimum absolute atomic E-state index is 0.0753. The summed E-state index contributed by atoms with van der Waals surface area (Å²) in [5.74, 6) is -0.630. The number of nitrogens with zero attached hydrogens (tertiary/aromatic N) is 2. The summed E-state index contributed by atoms with van der Waals surface area (Å²) in [7, 11) is 0. The zero-order chi connectivity index (χ0) is 13.3. The van der Waals surface area contributed by atoms with Gasteiger partial charge in [-0.2, -0.15) is 5.10 Å². The Kier molecular flexibility index (Phi) is 3.29. The highest BCUT2D eigenvalue weighted by atomic mass is 79.9. The molecule has 0 atom stereocenters. The highest BCUT2D eigenvalue weighted by Crippen LogP contribution is 2.20. The third-order valence-electron chi connectivity index (χ3n) is 2.45. The van der Waals surface area contributed by atoms with Gasteiger partial charge in [-0.1, -0.05) is 15.9 Å². The van der Waals surface area contributed by atoms with E-state index in [2.05, 4.69) is 21.0 Å². The summed E-state index contributed by atoms with van der Waals surface area (Å²) in [6.07, 6.45) is 2.86. The van der Waals surface area contributed by atoms with Gasteiger partial charge in [-0.3, -0.25) is 9.59 Å². The molecular weight excluding hydrogens is 298 g/mol. The first kappa shape index (κ1) is 12.5. The molecule has 0 fully saturated rings. The molecule has 0 unspecified atom stereocenters. The lowest BCUT2D eigenvalue weighted by Crippen LogP contribution is -2.09. The Morgan fingerprint density at radius 3 is 2.67 bits per heavy atom. The van der Waals surface area contributed by atoms with Crippen LogP contribution in [0.25, 0.3) is 5.69 Å². The molecule has 1 aromatic heterocycles. The van der Waals surface area contributed by atoms with Crippen LogP contribution in [0.5, 0.6) is 0 Å². The molecule has 0 aliphatic carbocycles. The van der Waals surface area contributed by atoms with Gasteiger partial charge >= 0.3 is 0 Å². The number of carbonyl (C=O) groups excluding carboxylic acids is 2. The molecule has 5 nitrogen and oxygen atoms in total. The van der Waals surface area contributed by atoms with Gasteiger partial charge in [0.25, 0.3) is 5.91 Å². The zero-order valence-corrected chi connectivity index (χ0v) is 11.1. The van der Waals surface area contributed by atoms with E-state index < -0.39 is 5.91 Å². The van der Waals surface area contributed by atoms with Crippen molar-refractivity contribution in [3.8, 4) is 5.69 Å². The van der Waals surface area contributed by atoms with Gasteiger partial charge in [0.2, 0.25) is 0 Å². The molecule has 0 saturated carbocycles. The van der Waals surface area contributed by atoms with E-state index in [0.29, 0.717) is 16.8 Å². The Labute approximate surface area is 112 Å². The van der Waals surface area contributed by atoms with Crippen molar-refractivity contribution in [2.45, 2.75) is 6.92 Å². The molecule has 0 spiro atoms. The van der Waals surface area contributed by atoms with Gasteiger partial charge in [0, 0.05) is 16.2 Å². The standard InChI is InChI=1S/C12H10BrN3O2/c1-7(17)10-3-2-9(13)4-11(10)16-6-8(5-15-16)12(14)18/h2-6H,1H3,(H2,14,18). The largest absolute Gasteiger partial charge is 0.366 e. The second-order valence-electron chi connectivity index (χ2n) is 3.76. The number of halogens is 1. The topological polar surface area (TPSA) is 78.0 Å². The zero-order valence-electron chi connectivity index (χ0n) is 9.55. The average molecular weight is 308 g/mol. The van der Waals surface area contributed by atoms with E-state index in [4.69, 9.17) is 5.73 Å². The summed E-state index contributed by atoms with van der Waals surface area (Å²) in [6, 6.07) is 5.24. The van der Waals surface area contributed by atoms with Gasteiger partial charge in [-0.05, 0) is 25.1 Å². The maximum Gasteiger partial charge on any atom is 0.251 e. The number of Topliss-reactive ketones (excluding diaryl/α,β-unsaturated/α-hetero) is 1. The van der Waals surface area contributed by atoms with Crippen molar-refractivity contribution >= 4 is 27.6 Å². The molecular formula is C12H10BrN3O2. The molecule has 2 N–H and O–H groups in total. The molecule has 0 aliphatic rings. The maximum atomic E-state index is 11.5. The van der Waals surface area contributed by atoms with Crippen LogP contribution < -0.4 is 5.73 Å². The van der Waals surface area contributed by atoms with Crippen molar-refractivity contribution in [3.05, 3.63) is 46.2 Å². The smallest absolute Gasteiger partial charge is 0.251 e. The van der Waals surface area contributed by atoms with Crippen molar-refractivity contribution < 1.29 is 9.59 Å². The summed E-state index contributed by atoms with van der Waals surface area (Å²) < 4.78 is 2.28. The minimum Gasteiger partial charge on any atom is -0.366 e. The fraction of sp³-hybridized carbons (Fsp3) is 0.0833. The Bertz CT molecular complexity index is 634. The van der Waals surface area contributed by atoms with Gasteiger partial charge < -0.3 is 5.73 Å². The molecule has 1 amide bonds. The van der Waals surface area contributed by atoms with Crippen LogP contribution in [0.3, 0.4) is 0 Å². The van der Waals surface area contributed by atoms with E-state index in [-0.39, 0.29) is 5.78 Å². The Balaban J connectivity index is 2.57. The first-order valence-corrected chi connectivity index (χ1v) is 5.93. The summed E-state index contributed by atoms with van der Waals surface area (Å²) in [5.41, 5.74) is 6.59. The lowest BCUT2D eigenvalue weighted by Gasteiger charge is -2.07. The lowest BCUT2D eigenvalue weighted by atomic mass is 10.1. The summed E-state index contributed by atoms with van der Waals surface area (Å²) in [4.78, 5) is 22.6. The Morgan fingerprint density at radius 1 is 1.39 bits per heavy atom. The van der Waals surface area contributed by atoms with E-state index in [9.17, 15) is 9.59 Å². The normalized spacial score (nSPS) is 10.3. The number of amides is 1. The first-order chi connectivity index (χ1) is 8.49. The number of carbonyl (C=O) groups is 2. The minimum atomic E-state index is -0.555. The first-order valence-electron chi connectivity index (χ1n) is 5.14. The van der Waals surface area contributed by atoms with Crippen molar-refractivity contribution in [1.82, 2.24) is 9.78 Å². The molecule has 18 heavy (non-hydrogen) atoms. The Hall–Kier alpha value is -1.95. The molecule has 0 aliphatic heterocycles.